The van der Waals surface area contributed by atoms with Crippen LogP contribution in [0.3, 0.4) is 0 Å². The average molecular weight is 343 g/mol. The monoisotopic (exact) mass is 343 g/mol. The zero-order chi connectivity index (χ0) is 17.0. The van der Waals surface area contributed by atoms with Crippen LogP contribution in [0.1, 0.15) is 12.0 Å². The lowest BCUT2D eigenvalue weighted by Gasteiger charge is -2.22. The van der Waals surface area contributed by atoms with Crippen molar-refractivity contribution in [2.45, 2.75) is 18.2 Å². The smallest absolute Gasteiger partial charge is 0.269 e. The normalized spacial score (nSPS) is 17.8. The van der Waals surface area contributed by atoms with Gasteiger partial charge in [-0.25, -0.2) is 8.42 Å². The third-order valence-corrected chi connectivity index (χ3v) is 6.01. The number of sulfonamides is 1. The first-order valence-electron chi connectivity index (χ1n) is 7.44. The fourth-order valence-corrected chi connectivity index (χ4v) is 4.40. The maximum atomic E-state index is 12.8. The zero-order valence-corrected chi connectivity index (χ0v) is 13.8. The Morgan fingerprint density at radius 1 is 1.26 bits per heavy atom. The van der Waals surface area contributed by atoms with E-state index in [0.717, 1.165) is 6.54 Å². The van der Waals surface area contributed by atoms with E-state index in [0.29, 0.717) is 38.2 Å². The van der Waals surface area contributed by atoms with E-state index in [-0.39, 0.29) is 17.2 Å². The van der Waals surface area contributed by atoms with Gasteiger partial charge in [0.1, 0.15) is 0 Å². The first kappa shape index (κ1) is 17.8. The lowest BCUT2D eigenvalue weighted by molar-refractivity contribution is -0.385. The molecule has 9 heteroatoms. The van der Waals surface area contributed by atoms with Gasteiger partial charge < -0.3 is 5.11 Å². The van der Waals surface area contributed by atoms with Crippen LogP contribution in [0.4, 0.5) is 5.69 Å². The summed E-state index contributed by atoms with van der Waals surface area (Å²) in [7, 11) is -3.68. The van der Waals surface area contributed by atoms with Gasteiger partial charge in [0.25, 0.3) is 5.69 Å². The fraction of sp³-hybridized carbons (Fsp3) is 0.571. The fourth-order valence-electron chi connectivity index (χ4n) is 2.73. The summed E-state index contributed by atoms with van der Waals surface area (Å²) in [6, 6.07) is 3.80. The summed E-state index contributed by atoms with van der Waals surface area (Å²) in [6.07, 6.45) is 0.686. The molecule has 0 spiro atoms. The van der Waals surface area contributed by atoms with E-state index in [4.69, 9.17) is 5.11 Å². The van der Waals surface area contributed by atoms with Crippen molar-refractivity contribution in [1.82, 2.24) is 9.21 Å². The minimum absolute atomic E-state index is 0.0498. The van der Waals surface area contributed by atoms with Crippen LogP contribution in [0.5, 0.6) is 0 Å². The molecule has 0 aliphatic carbocycles. The molecule has 1 heterocycles. The topological polar surface area (TPSA) is 104 Å². The lowest BCUT2D eigenvalue weighted by Crippen LogP contribution is -2.36. The Hall–Kier alpha value is -1.55. The second-order valence-electron chi connectivity index (χ2n) is 5.53. The lowest BCUT2D eigenvalue weighted by atomic mass is 10.2. The molecule has 0 radical (unpaired) electrons. The molecule has 23 heavy (non-hydrogen) atoms. The molecule has 1 aromatic rings. The summed E-state index contributed by atoms with van der Waals surface area (Å²) in [6.45, 7) is 4.20. The Bertz CT molecular complexity index is 677. The molecule has 0 bridgehead atoms. The molecule has 1 aliphatic heterocycles. The van der Waals surface area contributed by atoms with Crippen LogP contribution >= 0.6 is 0 Å². The maximum absolute atomic E-state index is 12.8. The van der Waals surface area contributed by atoms with Gasteiger partial charge in [0.05, 0.1) is 16.4 Å². The van der Waals surface area contributed by atoms with Crippen molar-refractivity contribution in [2.75, 3.05) is 39.3 Å². The van der Waals surface area contributed by atoms with E-state index in [1.165, 1.54) is 22.5 Å². The minimum Gasteiger partial charge on any atom is -0.395 e. The largest absolute Gasteiger partial charge is 0.395 e. The van der Waals surface area contributed by atoms with Crippen LogP contribution in [0.25, 0.3) is 0 Å². The molecular weight excluding hydrogens is 322 g/mol. The summed E-state index contributed by atoms with van der Waals surface area (Å²) >= 11 is 0. The number of aliphatic hydroxyl groups is 1. The van der Waals surface area contributed by atoms with E-state index in [2.05, 4.69) is 0 Å². The molecule has 0 amide bonds. The van der Waals surface area contributed by atoms with Gasteiger partial charge in [-0.3, -0.25) is 15.0 Å². The molecule has 128 valence electrons. The van der Waals surface area contributed by atoms with Gasteiger partial charge in [0.2, 0.25) is 10.0 Å². The number of non-ortho nitro benzene ring substituents is 1. The summed E-state index contributed by atoms with van der Waals surface area (Å²) < 4.78 is 27.0. The molecule has 8 nitrogen and oxygen atoms in total. The highest BCUT2D eigenvalue weighted by atomic mass is 32.2. The molecule has 0 aromatic heterocycles. The zero-order valence-electron chi connectivity index (χ0n) is 13.0. The van der Waals surface area contributed by atoms with Gasteiger partial charge in [0.15, 0.2) is 0 Å². The Morgan fingerprint density at radius 3 is 2.61 bits per heavy atom. The van der Waals surface area contributed by atoms with E-state index < -0.39 is 14.9 Å². The first-order valence-corrected chi connectivity index (χ1v) is 8.88. The number of nitro groups is 1. The quantitative estimate of drug-likeness (QED) is 0.620. The Kier molecular flexibility index (Phi) is 5.69. The molecule has 1 aromatic carbocycles. The molecule has 1 aliphatic rings. The summed E-state index contributed by atoms with van der Waals surface area (Å²) in [5, 5.41) is 19.8. The number of aliphatic hydroxyl groups excluding tert-OH is 1. The average Bonchev–Trinajstić information content (AvgIpc) is 2.73. The summed E-state index contributed by atoms with van der Waals surface area (Å²) in [5.74, 6) is 0. The molecule has 2 rings (SSSR count). The van der Waals surface area contributed by atoms with Crippen molar-refractivity contribution in [1.29, 1.82) is 0 Å². The third-order valence-electron chi connectivity index (χ3n) is 3.95. The van der Waals surface area contributed by atoms with Crippen LogP contribution < -0.4 is 0 Å². The Labute approximate surface area is 135 Å². The predicted molar refractivity (Wildman–Crippen MR) is 84.7 cm³/mol. The van der Waals surface area contributed by atoms with Crippen LogP contribution in [-0.4, -0.2) is 67.0 Å². The van der Waals surface area contributed by atoms with Crippen molar-refractivity contribution in [2.24, 2.45) is 0 Å². The van der Waals surface area contributed by atoms with Gasteiger partial charge >= 0.3 is 0 Å². The summed E-state index contributed by atoms with van der Waals surface area (Å²) in [4.78, 5) is 12.4. The van der Waals surface area contributed by atoms with Crippen LogP contribution in [-0.2, 0) is 10.0 Å². The van der Waals surface area contributed by atoms with Crippen LogP contribution in [0.2, 0.25) is 0 Å². The van der Waals surface area contributed by atoms with Crippen molar-refractivity contribution in [3.8, 4) is 0 Å². The van der Waals surface area contributed by atoms with Crippen molar-refractivity contribution < 1.29 is 18.4 Å². The van der Waals surface area contributed by atoms with Crippen molar-refractivity contribution >= 4 is 15.7 Å². The molecule has 0 saturated carbocycles. The van der Waals surface area contributed by atoms with Gasteiger partial charge in [-0.2, -0.15) is 4.31 Å². The molecule has 1 saturated heterocycles. The number of rotatable bonds is 5. The molecule has 1 fully saturated rings. The van der Waals surface area contributed by atoms with Gasteiger partial charge in [-0.05, 0) is 31.5 Å². The number of nitrogens with zero attached hydrogens (tertiary/aromatic N) is 3. The summed E-state index contributed by atoms with van der Waals surface area (Å²) in [5.41, 5.74) is 0.252. The number of aryl methyl sites for hydroxylation is 1. The van der Waals surface area contributed by atoms with Crippen LogP contribution in [0.15, 0.2) is 23.1 Å². The SMILES string of the molecule is Cc1cc([N+](=O)[O-])ccc1S(=O)(=O)N1CCCN(CCO)CC1. The number of hydrogen-bond donors (Lipinski definition) is 1. The molecule has 0 unspecified atom stereocenters. The highest BCUT2D eigenvalue weighted by molar-refractivity contribution is 7.89. The van der Waals surface area contributed by atoms with Crippen molar-refractivity contribution in [3.63, 3.8) is 0 Å². The highest BCUT2D eigenvalue weighted by Gasteiger charge is 2.28. The molecule has 0 atom stereocenters. The van der Waals surface area contributed by atoms with Crippen LogP contribution in [0, 0.1) is 17.0 Å². The van der Waals surface area contributed by atoms with Gasteiger partial charge in [-0.1, -0.05) is 0 Å². The van der Waals surface area contributed by atoms with E-state index >= 15 is 0 Å². The van der Waals surface area contributed by atoms with Gasteiger partial charge in [-0.15, -0.1) is 0 Å². The van der Waals surface area contributed by atoms with E-state index in [1.807, 2.05) is 4.90 Å². The molecule has 1 N–H and O–H groups in total. The third kappa shape index (κ3) is 4.05. The van der Waals surface area contributed by atoms with E-state index in [1.54, 1.807) is 6.92 Å². The maximum Gasteiger partial charge on any atom is 0.269 e. The highest BCUT2D eigenvalue weighted by Crippen LogP contribution is 2.24. The number of hydrogen-bond acceptors (Lipinski definition) is 6. The van der Waals surface area contributed by atoms with E-state index in [9.17, 15) is 18.5 Å². The standard InChI is InChI=1S/C14H21N3O5S/c1-12-11-13(17(19)20)3-4-14(12)23(21,22)16-6-2-5-15(7-8-16)9-10-18/h3-4,11,18H,2,5-10H2,1H3. The Balaban J connectivity index is 2.23. The number of β-amino-alcohol motifs (C(OH)–C–C–N with tert-alkyl or cyclic N) is 1. The predicted octanol–water partition coefficient (Wildman–Crippen LogP) is 0.592. The van der Waals surface area contributed by atoms with Gasteiger partial charge in [0, 0.05) is 38.3 Å². The first-order chi connectivity index (χ1) is 10.9. The second kappa shape index (κ2) is 7.35. The second-order valence-corrected chi connectivity index (χ2v) is 7.44. The number of benzene rings is 1. The minimum atomic E-state index is -3.68. The molecular formula is C14H21N3O5S. The van der Waals surface area contributed by atoms with Crippen molar-refractivity contribution in [3.05, 3.63) is 33.9 Å². The number of nitro benzene ring substituents is 1. The Morgan fingerprint density at radius 2 is 2.00 bits per heavy atom.